The van der Waals surface area contributed by atoms with Crippen molar-refractivity contribution in [2.24, 2.45) is 0 Å². The summed E-state index contributed by atoms with van der Waals surface area (Å²) < 4.78 is 5.70. The summed E-state index contributed by atoms with van der Waals surface area (Å²) >= 11 is 1.56. The second-order valence-corrected chi connectivity index (χ2v) is 5.69. The Morgan fingerprint density at radius 1 is 1.58 bits per heavy atom. The summed E-state index contributed by atoms with van der Waals surface area (Å²) in [6.07, 6.45) is 0. The lowest BCUT2D eigenvalue weighted by Crippen LogP contribution is -2.36. The fourth-order valence-electron chi connectivity index (χ4n) is 2.01. The first-order valence-corrected chi connectivity index (χ1v) is 7.26. The molecule has 1 aromatic heterocycles. The van der Waals surface area contributed by atoms with Gasteiger partial charge in [-0.25, -0.2) is 0 Å². The minimum absolute atomic E-state index is 0.0753. The van der Waals surface area contributed by atoms with Crippen LogP contribution in [0.5, 0.6) is 0 Å². The van der Waals surface area contributed by atoms with Crippen LogP contribution >= 0.6 is 11.8 Å². The van der Waals surface area contributed by atoms with Crippen molar-refractivity contribution in [2.75, 3.05) is 18.8 Å². The molecule has 1 atom stereocenters. The van der Waals surface area contributed by atoms with Crippen LogP contribution < -0.4 is 5.32 Å². The van der Waals surface area contributed by atoms with Gasteiger partial charge in [-0.3, -0.25) is 9.59 Å². The van der Waals surface area contributed by atoms with Crippen LogP contribution in [0.15, 0.2) is 10.5 Å². The number of thioether (sulfide) groups is 1. The van der Waals surface area contributed by atoms with Crippen molar-refractivity contribution >= 4 is 23.6 Å². The van der Waals surface area contributed by atoms with E-state index in [2.05, 4.69) is 5.32 Å². The van der Waals surface area contributed by atoms with Gasteiger partial charge in [0.1, 0.15) is 16.9 Å². The molecule has 2 rings (SSSR count). The van der Waals surface area contributed by atoms with E-state index >= 15 is 0 Å². The average Bonchev–Trinajstić information content (AvgIpc) is 2.84. The van der Waals surface area contributed by atoms with Gasteiger partial charge in [0.2, 0.25) is 11.8 Å². The molecule has 1 aliphatic heterocycles. The Hall–Kier alpha value is -1.43. The second-order valence-electron chi connectivity index (χ2n) is 4.62. The highest BCUT2D eigenvalue weighted by Gasteiger charge is 2.34. The summed E-state index contributed by atoms with van der Waals surface area (Å²) in [5.74, 6) is 2.17. The van der Waals surface area contributed by atoms with E-state index in [9.17, 15) is 9.59 Å². The molecular weight excluding hydrogens is 264 g/mol. The van der Waals surface area contributed by atoms with E-state index in [0.29, 0.717) is 18.8 Å². The lowest BCUT2D eigenvalue weighted by molar-refractivity contribution is -0.128. The topological polar surface area (TPSA) is 62.6 Å². The predicted octanol–water partition coefficient (Wildman–Crippen LogP) is 1.61. The van der Waals surface area contributed by atoms with Crippen molar-refractivity contribution in [3.63, 3.8) is 0 Å². The minimum atomic E-state index is -0.0828. The average molecular weight is 282 g/mol. The third kappa shape index (κ3) is 3.12. The van der Waals surface area contributed by atoms with E-state index in [1.165, 1.54) is 6.92 Å². The lowest BCUT2D eigenvalue weighted by Gasteiger charge is -2.22. The third-order valence-corrected chi connectivity index (χ3v) is 4.34. The minimum Gasteiger partial charge on any atom is -0.463 e. The Labute approximate surface area is 116 Å². The van der Waals surface area contributed by atoms with Crippen molar-refractivity contribution < 1.29 is 14.0 Å². The molecule has 0 spiro atoms. The van der Waals surface area contributed by atoms with Crippen LogP contribution in [0.4, 0.5) is 0 Å². The van der Waals surface area contributed by atoms with Crippen LogP contribution in [0.2, 0.25) is 0 Å². The summed E-state index contributed by atoms with van der Waals surface area (Å²) in [7, 11) is 0. The molecule has 0 aromatic carbocycles. The van der Waals surface area contributed by atoms with E-state index in [4.69, 9.17) is 4.42 Å². The molecule has 1 saturated heterocycles. The molecule has 0 radical (unpaired) electrons. The van der Waals surface area contributed by atoms with E-state index in [0.717, 1.165) is 17.1 Å². The highest BCUT2D eigenvalue weighted by Crippen LogP contribution is 2.39. The Bertz CT molecular complexity index is 479. The van der Waals surface area contributed by atoms with E-state index in [1.807, 2.05) is 19.9 Å². The maximum atomic E-state index is 11.9. The molecule has 0 saturated carbocycles. The van der Waals surface area contributed by atoms with Gasteiger partial charge in [-0.15, -0.1) is 11.8 Å². The number of carbonyl (C=O) groups is 2. The van der Waals surface area contributed by atoms with Crippen molar-refractivity contribution in [1.29, 1.82) is 0 Å². The highest BCUT2D eigenvalue weighted by molar-refractivity contribution is 8.00. The summed E-state index contributed by atoms with van der Waals surface area (Å²) in [4.78, 5) is 24.5. The largest absolute Gasteiger partial charge is 0.463 e. The van der Waals surface area contributed by atoms with Crippen LogP contribution in [-0.4, -0.2) is 35.6 Å². The Morgan fingerprint density at radius 2 is 2.32 bits per heavy atom. The Balaban J connectivity index is 2.06. The van der Waals surface area contributed by atoms with Crippen LogP contribution in [0, 0.1) is 13.8 Å². The number of aryl methyl sites for hydroxylation is 2. The molecule has 5 nitrogen and oxygen atoms in total. The lowest BCUT2D eigenvalue weighted by atomic mass is 10.3. The fraction of sp³-hybridized carbons (Fsp3) is 0.538. The third-order valence-electron chi connectivity index (χ3n) is 3.12. The van der Waals surface area contributed by atoms with Crippen molar-refractivity contribution in [3.8, 4) is 0 Å². The molecule has 1 aromatic rings. The number of furan rings is 1. The number of hydrogen-bond acceptors (Lipinski definition) is 4. The highest BCUT2D eigenvalue weighted by atomic mass is 32.2. The van der Waals surface area contributed by atoms with Gasteiger partial charge in [-0.2, -0.15) is 0 Å². The van der Waals surface area contributed by atoms with Crippen molar-refractivity contribution in [3.05, 3.63) is 23.2 Å². The summed E-state index contributed by atoms with van der Waals surface area (Å²) in [5, 5.41) is 2.63. The van der Waals surface area contributed by atoms with Crippen LogP contribution in [0.25, 0.3) is 0 Å². The van der Waals surface area contributed by atoms with E-state index in [1.54, 1.807) is 16.7 Å². The monoisotopic (exact) mass is 282 g/mol. The molecule has 1 aliphatic rings. The van der Waals surface area contributed by atoms with Gasteiger partial charge >= 0.3 is 0 Å². The van der Waals surface area contributed by atoms with Crippen molar-refractivity contribution in [1.82, 2.24) is 10.2 Å². The molecular formula is C13H18N2O3S. The van der Waals surface area contributed by atoms with Crippen molar-refractivity contribution in [2.45, 2.75) is 26.1 Å². The quantitative estimate of drug-likeness (QED) is 0.911. The van der Waals surface area contributed by atoms with Gasteiger partial charge < -0.3 is 14.6 Å². The Kier molecular flexibility index (Phi) is 4.19. The van der Waals surface area contributed by atoms with Gasteiger partial charge in [-0.05, 0) is 25.5 Å². The Morgan fingerprint density at radius 3 is 2.89 bits per heavy atom. The van der Waals surface area contributed by atoms with Crippen LogP contribution in [0.3, 0.4) is 0 Å². The van der Waals surface area contributed by atoms with Crippen LogP contribution in [-0.2, 0) is 9.59 Å². The zero-order valence-corrected chi connectivity index (χ0v) is 12.2. The van der Waals surface area contributed by atoms with Gasteiger partial charge in [0.05, 0.1) is 5.75 Å². The van der Waals surface area contributed by atoms with E-state index in [-0.39, 0.29) is 17.2 Å². The molecule has 0 aliphatic carbocycles. The summed E-state index contributed by atoms with van der Waals surface area (Å²) in [6, 6.07) is 1.98. The van der Waals surface area contributed by atoms with Gasteiger partial charge in [-0.1, -0.05) is 0 Å². The molecule has 6 heteroatoms. The van der Waals surface area contributed by atoms with E-state index < -0.39 is 0 Å². The smallest absolute Gasteiger partial charge is 0.233 e. The predicted molar refractivity (Wildman–Crippen MR) is 73.8 cm³/mol. The zero-order valence-electron chi connectivity index (χ0n) is 11.4. The standard InChI is InChI=1S/C13H18N2O3S/c1-8-6-11(18-9(8)2)13-15(12(17)7-19-13)5-4-14-10(3)16/h6,13H,4-5,7H2,1-3H3,(H,14,16). The number of nitrogens with zero attached hydrogens (tertiary/aromatic N) is 1. The molecule has 0 bridgehead atoms. The number of hydrogen-bond donors (Lipinski definition) is 1. The SMILES string of the molecule is CC(=O)NCCN1C(=O)CSC1c1cc(C)c(C)o1. The number of nitrogens with one attached hydrogen (secondary N) is 1. The van der Waals surface area contributed by atoms with Crippen LogP contribution in [0.1, 0.15) is 29.4 Å². The first-order valence-electron chi connectivity index (χ1n) is 6.21. The number of rotatable bonds is 4. The van der Waals surface area contributed by atoms with Gasteiger partial charge in [0.25, 0.3) is 0 Å². The van der Waals surface area contributed by atoms with Gasteiger partial charge in [0.15, 0.2) is 0 Å². The maximum absolute atomic E-state index is 11.9. The van der Waals surface area contributed by atoms with Gasteiger partial charge in [0, 0.05) is 20.0 Å². The molecule has 104 valence electrons. The first-order chi connectivity index (χ1) is 8.99. The normalized spacial score (nSPS) is 19.0. The molecule has 2 heterocycles. The molecule has 19 heavy (non-hydrogen) atoms. The molecule has 2 amide bonds. The molecule has 1 N–H and O–H groups in total. The molecule has 1 unspecified atom stereocenters. The second kappa shape index (κ2) is 5.69. The first kappa shape index (κ1) is 14.0. The maximum Gasteiger partial charge on any atom is 0.233 e. The molecule has 1 fully saturated rings. The zero-order chi connectivity index (χ0) is 14.0. The summed E-state index contributed by atoms with van der Waals surface area (Å²) in [6.45, 7) is 6.36. The fourth-order valence-corrected chi connectivity index (χ4v) is 3.16. The number of amides is 2. The number of carbonyl (C=O) groups excluding carboxylic acids is 2. The summed E-state index contributed by atoms with van der Waals surface area (Å²) in [5.41, 5.74) is 1.09.